The van der Waals surface area contributed by atoms with Crippen molar-refractivity contribution in [3.05, 3.63) is 11.4 Å². The number of anilines is 2. The third-order valence-corrected chi connectivity index (χ3v) is 4.11. The minimum atomic E-state index is -0.0641. The first-order valence-electron chi connectivity index (χ1n) is 7.77. The van der Waals surface area contributed by atoms with Crippen molar-refractivity contribution in [1.29, 1.82) is 0 Å². The summed E-state index contributed by atoms with van der Waals surface area (Å²) in [6, 6.07) is 0. The van der Waals surface area contributed by atoms with Crippen LogP contribution in [-0.4, -0.2) is 23.6 Å². The maximum Gasteiger partial charge on any atom is 0.138 e. The summed E-state index contributed by atoms with van der Waals surface area (Å²) in [5.74, 6) is 3.27. The molecule has 0 aliphatic carbocycles. The van der Waals surface area contributed by atoms with Crippen LogP contribution in [-0.2, 0) is 5.41 Å². The highest BCUT2D eigenvalue weighted by molar-refractivity contribution is 5.57. The monoisotopic (exact) mass is 292 g/mol. The molecule has 1 aromatic rings. The zero-order valence-electron chi connectivity index (χ0n) is 15.2. The van der Waals surface area contributed by atoms with Crippen LogP contribution in [0.1, 0.15) is 59.9 Å². The Morgan fingerprint density at radius 1 is 1.00 bits per heavy atom. The SMILES string of the molecule is CNc1nc(C(C)(C)C)nc(NCC(C)C(C)(C)C)c1C. The van der Waals surface area contributed by atoms with Gasteiger partial charge in [0.1, 0.15) is 17.5 Å². The topological polar surface area (TPSA) is 49.8 Å². The van der Waals surface area contributed by atoms with Gasteiger partial charge in [-0.25, -0.2) is 9.97 Å². The molecule has 1 aromatic heterocycles. The van der Waals surface area contributed by atoms with Crippen LogP contribution in [0.2, 0.25) is 0 Å². The van der Waals surface area contributed by atoms with Gasteiger partial charge in [-0.1, -0.05) is 48.5 Å². The van der Waals surface area contributed by atoms with Crippen molar-refractivity contribution in [2.75, 3.05) is 24.2 Å². The molecule has 120 valence electrons. The van der Waals surface area contributed by atoms with Crippen molar-refractivity contribution in [1.82, 2.24) is 9.97 Å². The summed E-state index contributed by atoms with van der Waals surface area (Å²) in [4.78, 5) is 9.38. The smallest absolute Gasteiger partial charge is 0.138 e. The van der Waals surface area contributed by atoms with Gasteiger partial charge in [0.15, 0.2) is 0 Å². The van der Waals surface area contributed by atoms with E-state index >= 15 is 0 Å². The van der Waals surface area contributed by atoms with Gasteiger partial charge in [0.2, 0.25) is 0 Å². The molecule has 0 amide bonds. The highest BCUT2D eigenvalue weighted by atomic mass is 15.1. The van der Waals surface area contributed by atoms with Gasteiger partial charge < -0.3 is 10.6 Å². The molecule has 0 aromatic carbocycles. The van der Waals surface area contributed by atoms with Crippen molar-refractivity contribution < 1.29 is 0 Å². The van der Waals surface area contributed by atoms with Crippen molar-refractivity contribution in [3.8, 4) is 0 Å². The van der Waals surface area contributed by atoms with Gasteiger partial charge in [-0.2, -0.15) is 0 Å². The normalized spacial score (nSPS) is 14.0. The van der Waals surface area contributed by atoms with E-state index in [4.69, 9.17) is 4.98 Å². The van der Waals surface area contributed by atoms with E-state index in [0.717, 1.165) is 29.6 Å². The van der Waals surface area contributed by atoms with E-state index in [0.29, 0.717) is 5.92 Å². The lowest BCUT2D eigenvalue weighted by Crippen LogP contribution is -2.26. The maximum absolute atomic E-state index is 4.74. The van der Waals surface area contributed by atoms with E-state index in [9.17, 15) is 0 Å². The lowest BCUT2D eigenvalue weighted by atomic mass is 9.82. The molecule has 0 spiro atoms. The minimum absolute atomic E-state index is 0.0641. The van der Waals surface area contributed by atoms with Crippen LogP contribution in [0, 0.1) is 18.3 Å². The molecular formula is C17H32N4. The summed E-state index contributed by atoms with van der Waals surface area (Å²) in [6.45, 7) is 18.5. The minimum Gasteiger partial charge on any atom is -0.373 e. The van der Waals surface area contributed by atoms with E-state index in [2.05, 4.69) is 71.0 Å². The van der Waals surface area contributed by atoms with Gasteiger partial charge >= 0.3 is 0 Å². The molecule has 1 rings (SSSR count). The summed E-state index contributed by atoms with van der Waals surface area (Å²) in [5.41, 5.74) is 1.30. The summed E-state index contributed by atoms with van der Waals surface area (Å²) in [5, 5.41) is 6.69. The first kappa shape index (κ1) is 17.7. The van der Waals surface area contributed by atoms with E-state index in [1.54, 1.807) is 0 Å². The van der Waals surface area contributed by atoms with Crippen LogP contribution in [0.25, 0.3) is 0 Å². The van der Waals surface area contributed by atoms with Crippen molar-refractivity contribution in [2.45, 2.75) is 60.8 Å². The summed E-state index contributed by atoms with van der Waals surface area (Å²) >= 11 is 0. The average Bonchev–Trinajstić information content (AvgIpc) is 2.34. The molecule has 21 heavy (non-hydrogen) atoms. The van der Waals surface area contributed by atoms with Crippen LogP contribution in [0.4, 0.5) is 11.6 Å². The quantitative estimate of drug-likeness (QED) is 0.872. The van der Waals surface area contributed by atoms with Crippen LogP contribution in [0.5, 0.6) is 0 Å². The fraction of sp³-hybridized carbons (Fsp3) is 0.765. The van der Waals surface area contributed by atoms with Crippen LogP contribution in [0.3, 0.4) is 0 Å². The molecule has 4 nitrogen and oxygen atoms in total. The molecule has 4 heteroatoms. The molecule has 1 unspecified atom stereocenters. The Morgan fingerprint density at radius 2 is 1.52 bits per heavy atom. The molecular weight excluding hydrogens is 260 g/mol. The lowest BCUT2D eigenvalue weighted by molar-refractivity contribution is 0.274. The van der Waals surface area contributed by atoms with Crippen molar-refractivity contribution in [2.24, 2.45) is 11.3 Å². The molecule has 2 N–H and O–H groups in total. The third kappa shape index (κ3) is 4.58. The predicted octanol–water partition coefficient (Wildman–Crippen LogP) is 4.22. The van der Waals surface area contributed by atoms with E-state index in [1.165, 1.54) is 0 Å². The van der Waals surface area contributed by atoms with Gasteiger partial charge in [-0.15, -0.1) is 0 Å². The Kier molecular flexibility index (Phi) is 5.24. The molecule has 0 fully saturated rings. The predicted molar refractivity (Wildman–Crippen MR) is 92.1 cm³/mol. The van der Waals surface area contributed by atoms with E-state index in [1.807, 2.05) is 7.05 Å². The Morgan fingerprint density at radius 3 is 1.95 bits per heavy atom. The fourth-order valence-electron chi connectivity index (χ4n) is 1.82. The second kappa shape index (κ2) is 6.20. The number of rotatable bonds is 4. The fourth-order valence-corrected chi connectivity index (χ4v) is 1.82. The Hall–Kier alpha value is -1.32. The number of nitrogens with zero attached hydrogens (tertiary/aromatic N) is 2. The summed E-state index contributed by atoms with van der Waals surface area (Å²) in [6.07, 6.45) is 0. The Balaban J connectivity index is 3.06. The Labute approximate surface area is 130 Å². The zero-order valence-corrected chi connectivity index (χ0v) is 15.2. The largest absolute Gasteiger partial charge is 0.373 e. The van der Waals surface area contributed by atoms with Gasteiger partial charge in [-0.3, -0.25) is 0 Å². The van der Waals surface area contributed by atoms with E-state index < -0.39 is 0 Å². The number of nitrogens with one attached hydrogen (secondary N) is 2. The van der Waals surface area contributed by atoms with Crippen molar-refractivity contribution in [3.63, 3.8) is 0 Å². The second-order valence-electron chi connectivity index (χ2n) is 8.02. The standard InChI is InChI=1S/C17H32N4/c1-11(16(3,4)5)10-19-14-12(2)13(18-9)20-15(21-14)17(6,7)8/h11H,10H2,1-9H3,(H2,18,19,20,21). The third-order valence-electron chi connectivity index (χ3n) is 4.11. The zero-order chi connectivity index (χ0) is 16.4. The molecule has 0 aliphatic rings. The molecule has 1 heterocycles. The highest BCUT2D eigenvalue weighted by Gasteiger charge is 2.23. The van der Waals surface area contributed by atoms with Gasteiger partial charge in [0, 0.05) is 24.6 Å². The molecule has 0 saturated heterocycles. The van der Waals surface area contributed by atoms with Gasteiger partial charge in [-0.05, 0) is 18.3 Å². The first-order valence-corrected chi connectivity index (χ1v) is 7.77. The van der Waals surface area contributed by atoms with E-state index in [-0.39, 0.29) is 10.8 Å². The van der Waals surface area contributed by atoms with Crippen LogP contribution in [0.15, 0.2) is 0 Å². The van der Waals surface area contributed by atoms with Crippen LogP contribution < -0.4 is 10.6 Å². The van der Waals surface area contributed by atoms with Crippen molar-refractivity contribution >= 4 is 11.6 Å². The number of hydrogen-bond acceptors (Lipinski definition) is 4. The van der Waals surface area contributed by atoms with Gasteiger partial charge in [0.05, 0.1) is 0 Å². The molecule has 1 atom stereocenters. The summed E-state index contributed by atoms with van der Waals surface area (Å²) in [7, 11) is 1.91. The Bertz CT molecular complexity index is 481. The number of hydrogen-bond donors (Lipinski definition) is 2. The maximum atomic E-state index is 4.74. The first-order chi connectivity index (χ1) is 9.46. The average molecular weight is 292 g/mol. The number of aromatic nitrogens is 2. The second-order valence-corrected chi connectivity index (χ2v) is 8.02. The molecule has 0 radical (unpaired) electrons. The molecule has 0 saturated carbocycles. The molecule has 0 bridgehead atoms. The molecule has 0 aliphatic heterocycles. The van der Waals surface area contributed by atoms with Gasteiger partial charge in [0.25, 0.3) is 0 Å². The van der Waals surface area contributed by atoms with Crippen LogP contribution >= 0.6 is 0 Å². The highest BCUT2D eigenvalue weighted by Crippen LogP contribution is 2.28. The summed E-state index contributed by atoms with van der Waals surface area (Å²) < 4.78 is 0. The lowest BCUT2D eigenvalue weighted by Gasteiger charge is -2.28.